The molecule has 0 radical (unpaired) electrons. The summed E-state index contributed by atoms with van der Waals surface area (Å²) in [6.45, 7) is 5.48. The van der Waals surface area contributed by atoms with Gasteiger partial charge in [-0.15, -0.1) is 0 Å². The van der Waals surface area contributed by atoms with Crippen molar-refractivity contribution >= 4 is 11.7 Å². The van der Waals surface area contributed by atoms with Gasteiger partial charge in [-0.25, -0.2) is 4.98 Å². The third-order valence-electron chi connectivity index (χ3n) is 4.70. The number of amides is 1. The summed E-state index contributed by atoms with van der Waals surface area (Å²) in [5, 5.41) is 3.14. The highest BCUT2D eigenvalue weighted by atomic mass is 16.5. The first-order valence-corrected chi connectivity index (χ1v) is 8.32. The van der Waals surface area contributed by atoms with Crippen LogP contribution in [0.3, 0.4) is 0 Å². The molecule has 0 atom stereocenters. The summed E-state index contributed by atoms with van der Waals surface area (Å²) >= 11 is 0. The lowest BCUT2D eigenvalue weighted by atomic mass is 9.87. The molecule has 120 valence electrons. The summed E-state index contributed by atoms with van der Waals surface area (Å²) in [5.41, 5.74) is 0.649. The minimum absolute atomic E-state index is 0.000538. The van der Waals surface area contributed by atoms with Gasteiger partial charge in [0.05, 0.1) is 18.8 Å². The molecule has 22 heavy (non-hydrogen) atoms. The fourth-order valence-electron chi connectivity index (χ4n) is 3.17. The number of carbonyl (C=O) groups is 1. The predicted molar refractivity (Wildman–Crippen MR) is 86.2 cm³/mol. The molecule has 1 aliphatic heterocycles. The molecule has 5 nitrogen and oxygen atoms in total. The molecule has 2 aliphatic rings. The zero-order valence-electron chi connectivity index (χ0n) is 13.3. The fourth-order valence-corrected chi connectivity index (χ4v) is 3.17. The minimum Gasteiger partial charge on any atom is -0.378 e. The van der Waals surface area contributed by atoms with Gasteiger partial charge in [0.1, 0.15) is 5.82 Å². The Hall–Kier alpha value is -1.62. The van der Waals surface area contributed by atoms with Crippen LogP contribution in [0.5, 0.6) is 0 Å². The van der Waals surface area contributed by atoms with Crippen LogP contribution in [0.2, 0.25) is 0 Å². The van der Waals surface area contributed by atoms with E-state index in [2.05, 4.69) is 22.1 Å². The van der Waals surface area contributed by atoms with Crippen molar-refractivity contribution in [2.45, 2.75) is 38.6 Å². The second kappa shape index (κ2) is 7.09. The average molecular weight is 303 g/mol. The Balaban J connectivity index is 1.56. The summed E-state index contributed by atoms with van der Waals surface area (Å²) in [4.78, 5) is 18.9. The largest absolute Gasteiger partial charge is 0.378 e. The van der Waals surface area contributed by atoms with Gasteiger partial charge in [-0.1, -0.05) is 6.92 Å². The number of morpholine rings is 1. The Labute approximate surface area is 132 Å². The van der Waals surface area contributed by atoms with Gasteiger partial charge in [0.25, 0.3) is 5.91 Å². The van der Waals surface area contributed by atoms with Crippen molar-refractivity contribution in [3.8, 4) is 0 Å². The van der Waals surface area contributed by atoms with Crippen molar-refractivity contribution in [2.24, 2.45) is 5.92 Å². The Morgan fingerprint density at radius 1 is 1.23 bits per heavy atom. The molecular weight excluding hydrogens is 278 g/mol. The van der Waals surface area contributed by atoms with E-state index in [4.69, 9.17) is 4.74 Å². The van der Waals surface area contributed by atoms with E-state index in [9.17, 15) is 4.79 Å². The number of hydrogen-bond donors (Lipinski definition) is 1. The highest BCUT2D eigenvalue weighted by molar-refractivity contribution is 5.94. The van der Waals surface area contributed by atoms with Crippen LogP contribution < -0.4 is 10.2 Å². The number of anilines is 1. The number of nitrogens with zero attached hydrogens (tertiary/aromatic N) is 2. The quantitative estimate of drug-likeness (QED) is 0.930. The lowest BCUT2D eigenvalue weighted by Gasteiger charge is -2.28. The van der Waals surface area contributed by atoms with Crippen molar-refractivity contribution in [1.29, 1.82) is 0 Å². The topological polar surface area (TPSA) is 54.5 Å². The molecule has 2 fully saturated rings. The zero-order valence-corrected chi connectivity index (χ0v) is 13.3. The molecule has 1 aliphatic carbocycles. The van der Waals surface area contributed by atoms with E-state index < -0.39 is 0 Å². The number of nitrogens with one attached hydrogen (secondary N) is 1. The van der Waals surface area contributed by atoms with E-state index in [0.717, 1.165) is 50.9 Å². The Kier molecular flexibility index (Phi) is 4.93. The summed E-state index contributed by atoms with van der Waals surface area (Å²) in [6.07, 6.45) is 6.28. The van der Waals surface area contributed by atoms with Crippen molar-refractivity contribution in [3.63, 3.8) is 0 Å². The van der Waals surface area contributed by atoms with Gasteiger partial charge >= 0.3 is 0 Å². The Bertz CT molecular complexity index is 489. The molecule has 3 rings (SSSR count). The molecule has 1 saturated carbocycles. The van der Waals surface area contributed by atoms with Gasteiger partial charge in [0.15, 0.2) is 0 Å². The molecule has 0 spiro atoms. The smallest absolute Gasteiger partial charge is 0.253 e. The molecule has 1 N–H and O–H groups in total. The van der Waals surface area contributed by atoms with E-state index in [0.29, 0.717) is 11.6 Å². The maximum Gasteiger partial charge on any atom is 0.253 e. The summed E-state index contributed by atoms with van der Waals surface area (Å²) in [5.74, 6) is 1.72. The molecule has 5 heteroatoms. The fraction of sp³-hybridized carbons (Fsp3) is 0.647. The average Bonchev–Trinajstić information content (AvgIpc) is 2.58. The number of rotatable bonds is 3. The van der Waals surface area contributed by atoms with Crippen LogP contribution in [-0.4, -0.2) is 43.2 Å². The van der Waals surface area contributed by atoms with E-state index in [1.807, 2.05) is 12.1 Å². The number of carbonyl (C=O) groups excluding carboxylic acids is 1. The van der Waals surface area contributed by atoms with Gasteiger partial charge in [0.2, 0.25) is 0 Å². The zero-order chi connectivity index (χ0) is 15.4. The van der Waals surface area contributed by atoms with Gasteiger partial charge < -0.3 is 15.0 Å². The van der Waals surface area contributed by atoms with Crippen LogP contribution in [0.15, 0.2) is 18.3 Å². The van der Waals surface area contributed by atoms with E-state index in [1.54, 1.807) is 6.20 Å². The molecule has 0 aromatic carbocycles. The summed E-state index contributed by atoms with van der Waals surface area (Å²) in [7, 11) is 0. The van der Waals surface area contributed by atoms with Gasteiger partial charge in [-0.05, 0) is 43.7 Å². The molecule has 1 saturated heterocycles. The maximum absolute atomic E-state index is 12.3. The Morgan fingerprint density at radius 3 is 2.59 bits per heavy atom. The van der Waals surface area contributed by atoms with E-state index >= 15 is 0 Å². The molecule has 1 aromatic rings. The number of hydrogen-bond acceptors (Lipinski definition) is 4. The summed E-state index contributed by atoms with van der Waals surface area (Å²) < 4.78 is 5.34. The van der Waals surface area contributed by atoms with Crippen LogP contribution in [0.25, 0.3) is 0 Å². The molecule has 1 amide bonds. The maximum atomic E-state index is 12.3. The second-order valence-corrected chi connectivity index (χ2v) is 6.43. The molecular formula is C17H25N3O2. The standard InChI is InChI=1S/C17H25N3O2/c1-13-2-5-15(6-3-13)19-17(21)14-4-7-16(18-12-14)20-8-10-22-11-9-20/h4,7,12-13,15H,2-3,5-6,8-11H2,1H3,(H,19,21). The second-order valence-electron chi connectivity index (χ2n) is 6.43. The molecule has 1 aromatic heterocycles. The van der Waals surface area contributed by atoms with Crippen LogP contribution in [0, 0.1) is 5.92 Å². The third-order valence-corrected chi connectivity index (χ3v) is 4.70. The predicted octanol–water partition coefficient (Wildman–Crippen LogP) is 2.23. The molecule has 0 unspecified atom stereocenters. The van der Waals surface area contributed by atoms with Crippen molar-refractivity contribution in [3.05, 3.63) is 23.9 Å². The SMILES string of the molecule is CC1CCC(NC(=O)c2ccc(N3CCOCC3)nc2)CC1. The third kappa shape index (κ3) is 3.77. The van der Waals surface area contributed by atoms with Crippen molar-refractivity contribution in [2.75, 3.05) is 31.2 Å². The highest BCUT2D eigenvalue weighted by Crippen LogP contribution is 2.23. The lowest BCUT2D eigenvalue weighted by molar-refractivity contribution is 0.0922. The number of ether oxygens (including phenoxy) is 1. The normalized spacial score (nSPS) is 25.8. The first-order chi connectivity index (χ1) is 10.7. The van der Waals surface area contributed by atoms with Gasteiger partial charge in [0, 0.05) is 25.3 Å². The van der Waals surface area contributed by atoms with Gasteiger partial charge in [-0.2, -0.15) is 0 Å². The molecule has 0 bridgehead atoms. The number of pyridine rings is 1. The molecule has 2 heterocycles. The monoisotopic (exact) mass is 303 g/mol. The number of aromatic nitrogens is 1. The van der Waals surface area contributed by atoms with Crippen LogP contribution in [0.4, 0.5) is 5.82 Å². The highest BCUT2D eigenvalue weighted by Gasteiger charge is 2.20. The van der Waals surface area contributed by atoms with E-state index in [-0.39, 0.29) is 5.91 Å². The Morgan fingerprint density at radius 2 is 1.95 bits per heavy atom. The van der Waals surface area contributed by atoms with Crippen LogP contribution in [0.1, 0.15) is 43.0 Å². The first kappa shape index (κ1) is 15.3. The van der Waals surface area contributed by atoms with Crippen molar-refractivity contribution < 1.29 is 9.53 Å². The summed E-state index contributed by atoms with van der Waals surface area (Å²) in [6, 6.07) is 4.13. The minimum atomic E-state index is 0.000538. The van der Waals surface area contributed by atoms with Crippen molar-refractivity contribution in [1.82, 2.24) is 10.3 Å². The van der Waals surface area contributed by atoms with Crippen LogP contribution in [-0.2, 0) is 4.74 Å². The van der Waals surface area contributed by atoms with Crippen LogP contribution >= 0.6 is 0 Å². The van der Waals surface area contributed by atoms with E-state index in [1.165, 1.54) is 12.8 Å². The first-order valence-electron chi connectivity index (χ1n) is 8.32. The van der Waals surface area contributed by atoms with Gasteiger partial charge in [-0.3, -0.25) is 4.79 Å². The lowest BCUT2D eigenvalue weighted by Crippen LogP contribution is -2.38.